The molecule has 0 N–H and O–H groups in total. The van der Waals surface area contributed by atoms with Crippen molar-refractivity contribution in [3.8, 4) is 16.8 Å². The predicted octanol–water partition coefficient (Wildman–Crippen LogP) is 8.32. The van der Waals surface area contributed by atoms with Crippen LogP contribution in [0.4, 0.5) is 11.5 Å². The molecule has 0 saturated heterocycles. The molecule has 4 nitrogen and oxygen atoms in total. The van der Waals surface area contributed by atoms with Gasteiger partial charge in [0.2, 0.25) is 0 Å². The van der Waals surface area contributed by atoms with E-state index in [1.807, 2.05) is 24.5 Å². The van der Waals surface area contributed by atoms with E-state index in [1.54, 1.807) is 0 Å². The molecular formula is C34H24N4. The Morgan fingerprint density at radius 2 is 1.37 bits per heavy atom. The number of aromatic nitrogens is 3. The first-order valence-corrected chi connectivity index (χ1v) is 13.0. The molecule has 1 atom stereocenters. The van der Waals surface area contributed by atoms with Crippen LogP contribution in [0.25, 0.3) is 38.8 Å². The van der Waals surface area contributed by atoms with E-state index in [4.69, 9.17) is 9.97 Å². The molecule has 1 aliphatic carbocycles. The second kappa shape index (κ2) is 8.29. The highest BCUT2D eigenvalue weighted by Gasteiger charge is 2.35. The Labute approximate surface area is 220 Å². The van der Waals surface area contributed by atoms with Crippen LogP contribution < -0.4 is 4.90 Å². The molecule has 0 amide bonds. The Hall–Kier alpha value is -4.96. The number of rotatable bonds is 3. The van der Waals surface area contributed by atoms with Crippen molar-refractivity contribution in [1.29, 1.82) is 0 Å². The molecule has 0 spiro atoms. The highest BCUT2D eigenvalue weighted by atomic mass is 15.2. The maximum Gasteiger partial charge on any atom is 0.145 e. The average molecular weight is 489 g/mol. The van der Waals surface area contributed by atoms with Gasteiger partial charge >= 0.3 is 0 Å². The van der Waals surface area contributed by atoms with Gasteiger partial charge in [0, 0.05) is 51.7 Å². The molecule has 8 rings (SSSR count). The summed E-state index contributed by atoms with van der Waals surface area (Å²) in [6.07, 6.45) is 11.4. The molecule has 3 aromatic heterocycles. The van der Waals surface area contributed by atoms with E-state index in [-0.39, 0.29) is 0 Å². The summed E-state index contributed by atoms with van der Waals surface area (Å²) >= 11 is 0. The van der Waals surface area contributed by atoms with Gasteiger partial charge in [0.25, 0.3) is 0 Å². The molecule has 0 fully saturated rings. The quantitative estimate of drug-likeness (QED) is 0.251. The molecule has 1 aliphatic heterocycles. The van der Waals surface area contributed by atoms with Crippen molar-refractivity contribution in [2.45, 2.75) is 12.3 Å². The molecule has 3 aromatic carbocycles. The molecule has 0 bridgehead atoms. The van der Waals surface area contributed by atoms with Gasteiger partial charge in [-0.2, -0.15) is 0 Å². The first-order chi connectivity index (χ1) is 18.9. The van der Waals surface area contributed by atoms with Crippen molar-refractivity contribution in [3.63, 3.8) is 0 Å². The van der Waals surface area contributed by atoms with Gasteiger partial charge in [-0.15, -0.1) is 0 Å². The maximum atomic E-state index is 4.75. The Kier molecular flexibility index (Phi) is 4.61. The lowest BCUT2D eigenvalue weighted by atomic mass is 9.93. The number of fused-ring (bicyclic) bond motifs is 6. The molecule has 4 heteroatoms. The molecule has 0 saturated carbocycles. The highest BCUT2D eigenvalue weighted by Crippen LogP contribution is 2.49. The second-order valence-corrected chi connectivity index (χ2v) is 9.88. The summed E-state index contributed by atoms with van der Waals surface area (Å²) in [5, 5.41) is 2.39. The number of anilines is 2. The smallest absolute Gasteiger partial charge is 0.145 e. The largest absolute Gasteiger partial charge is 0.298 e. The predicted molar refractivity (Wildman–Crippen MR) is 155 cm³/mol. The number of benzene rings is 3. The summed E-state index contributed by atoms with van der Waals surface area (Å²) in [5.41, 5.74) is 9.39. The number of hydrogen-bond donors (Lipinski definition) is 0. The van der Waals surface area contributed by atoms with Crippen LogP contribution in [0.1, 0.15) is 17.9 Å². The van der Waals surface area contributed by atoms with Gasteiger partial charge in [0.15, 0.2) is 0 Å². The first kappa shape index (κ1) is 21.2. The molecular weight excluding hydrogens is 464 g/mol. The standard InChI is InChI=1S/C34H24N4/c1-3-11-31-27(7-1)29-9-5-21-35-33(29)37(31)25-17-13-23(14-18-25)24-15-19-26(20-16-24)38-32-12-4-2-8-28(32)30-10-6-22-36-34(30)38/h1-7,9-22,28H,8H2. The second-order valence-electron chi connectivity index (χ2n) is 9.88. The Morgan fingerprint density at radius 3 is 2.21 bits per heavy atom. The van der Waals surface area contributed by atoms with E-state index in [2.05, 4.69) is 113 Å². The highest BCUT2D eigenvalue weighted by molar-refractivity contribution is 6.07. The van der Waals surface area contributed by atoms with Gasteiger partial charge in [-0.25, -0.2) is 9.97 Å². The Bertz CT molecular complexity index is 1840. The van der Waals surface area contributed by atoms with E-state index >= 15 is 0 Å². The van der Waals surface area contributed by atoms with Crippen LogP contribution >= 0.6 is 0 Å². The Morgan fingerprint density at radius 1 is 0.658 bits per heavy atom. The summed E-state index contributed by atoms with van der Waals surface area (Å²) in [4.78, 5) is 11.8. The van der Waals surface area contributed by atoms with Crippen LogP contribution in [0.15, 0.2) is 133 Å². The third kappa shape index (κ3) is 3.10. The molecule has 1 unspecified atom stereocenters. The van der Waals surface area contributed by atoms with Crippen molar-refractivity contribution in [3.05, 3.63) is 139 Å². The summed E-state index contributed by atoms with van der Waals surface area (Å²) < 4.78 is 2.25. The van der Waals surface area contributed by atoms with E-state index in [0.29, 0.717) is 5.92 Å². The summed E-state index contributed by atoms with van der Waals surface area (Å²) in [6.45, 7) is 0. The minimum absolute atomic E-state index is 0.381. The van der Waals surface area contributed by atoms with Crippen molar-refractivity contribution < 1.29 is 0 Å². The van der Waals surface area contributed by atoms with Crippen LogP contribution in [0.2, 0.25) is 0 Å². The molecule has 38 heavy (non-hydrogen) atoms. The maximum absolute atomic E-state index is 4.75. The van der Waals surface area contributed by atoms with Gasteiger partial charge in [-0.05, 0) is 72.2 Å². The van der Waals surface area contributed by atoms with Crippen LogP contribution in [0.3, 0.4) is 0 Å². The third-order valence-corrected chi connectivity index (χ3v) is 7.81. The fourth-order valence-corrected chi connectivity index (χ4v) is 6.06. The monoisotopic (exact) mass is 488 g/mol. The molecule has 6 aromatic rings. The summed E-state index contributed by atoms with van der Waals surface area (Å²) in [6, 6.07) is 34.5. The Balaban J connectivity index is 1.15. The van der Waals surface area contributed by atoms with Crippen molar-refractivity contribution in [2.75, 3.05) is 4.90 Å². The lowest BCUT2D eigenvalue weighted by molar-refractivity contribution is 0.819. The summed E-state index contributed by atoms with van der Waals surface area (Å²) in [5.74, 6) is 1.43. The van der Waals surface area contributed by atoms with E-state index in [1.165, 1.54) is 38.7 Å². The number of para-hydroxylation sites is 1. The topological polar surface area (TPSA) is 34.0 Å². The zero-order valence-corrected chi connectivity index (χ0v) is 20.7. The zero-order valence-electron chi connectivity index (χ0n) is 20.7. The number of pyridine rings is 2. The third-order valence-electron chi connectivity index (χ3n) is 7.81. The minimum Gasteiger partial charge on any atom is -0.298 e. The van der Waals surface area contributed by atoms with Gasteiger partial charge in [-0.1, -0.05) is 60.7 Å². The van der Waals surface area contributed by atoms with E-state index < -0.39 is 0 Å². The van der Waals surface area contributed by atoms with Crippen molar-refractivity contribution in [1.82, 2.24) is 14.5 Å². The normalized spacial score (nSPS) is 16.1. The fourth-order valence-electron chi connectivity index (χ4n) is 6.06. The van der Waals surface area contributed by atoms with Crippen molar-refractivity contribution >= 4 is 33.4 Å². The average Bonchev–Trinajstić information content (AvgIpc) is 3.51. The molecule has 4 heterocycles. The minimum atomic E-state index is 0.381. The van der Waals surface area contributed by atoms with Gasteiger partial charge in [0.1, 0.15) is 11.5 Å². The van der Waals surface area contributed by atoms with Gasteiger partial charge in [-0.3, -0.25) is 9.47 Å². The molecule has 0 radical (unpaired) electrons. The van der Waals surface area contributed by atoms with Crippen LogP contribution in [-0.2, 0) is 0 Å². The van der Waals surface area contributed by atoms with Crippen molar-refractivity contribution in [2.24, 2.45) is 0 Å². The fraction of sp³-hybridized carbons (Fsp3) is 0.0588. The lowest BCUT2D eigenvalue weighted by Gasteiger charge is -2.24. The lowest BCUT2D eigenvalue weighted by Crippen LogP contribution is -2.15. The zero-order chi connectivity index (χ0) is 25.1. The number of allylic oxidation sites excluding steroid dienone is 4. The van der Waals surface area contributed by atoms with Crippen LogP contribution in [0, 0.1) is 0 Å². The molecule has 180 valence electrons. The first-order valence-electron chi connectivity index (χ1n) is 13.0. The van der Waals surface area contributed by atoms with E-state index in [9.17, 15) is 0 Å². The van der Waals surface area contributed by atoms with E-state index in [0.717, 1.165) is 29.3 Å². The molecule has 2 aliphatic rings. The van der Waals surface area contributed by atoms with Gasteiger partial charge in [0.05, 0.1) is 5.52 Å². The SMILES string of the molecule is C1=CCC2C(=C1)N(c1ccc(-c3ccc(-n4c5ccccc5c5cccnc54)cc3)cc1)c1ncccc12. The van der Waals surface area contributed by atoms with Crippen LogP contribution in [-0.4, -0.2) is 14.5 Å². The number of nitrogens with zero attached hydrogens (tertiary/aromatic N) is 4. The van der Waals surface area contributed by atoms with Gasteiger partial charge < -0.3 is 0 Å². The summed E-state index contributed by atoms with van der Waals surface area (Å²) in [7, 11) is 0. The van der Waals surface area contributed by atoms with Crippen LogP contribution in [0.5, 0.6) is 0 Å². The number of hydrogen-bond acceptors (Lipinski definition) is 3.